The molecule has 3 aromatic carbocycles. The Balaban J connectivity index is 0.832. The van der Waals surface area contributed by atoms with Crippen molar-refractivity contribution in [1.29, 1.82) is 0 Å². The number of fused-ring (bicyclic) bond motifs is 1. The maximum Gasteiger partial charge on any atom is 0.270 e. The first-order chi connectivity index (χ1) is 31.7. The molecule has 0 bridgehead atoms. The Labute approximate surface area is 386 Å². The number of aromatic nitrogens is 8. The summed E-state index contributed by atoms with van der Waals surface area (Å²) in [6.07, 6.45) is 3.33. The predicted octanol–water partition coefficient (Wildman–Crippen LogP) is 5.87. The fourth-order valence-corrected chi connectivity index (χ4v) is 8.36. The third-order valence-electron chi connectivity index (χ3n) is 11.1. The van der Waals surface area contributed by atoms with Crippen LogP contribution in [0, 0.1) is 5.92 Å². The van der Waals surface area contributed by atoms with Crippen molar-refractivity contribution < 1.29 is 28.6 Å². The first-order valence-corrected chi connectivity index (χ1v) is 23.1. The molecule has 7 rings (SSSR count). The molecule has 0 radical (unpaired) electrons. The zero-order valence-electron chi connectivity index (χ0n) is 36.7. The molecule has 4 atom stereocenters. The number of hydrogen-bond donors (Lipinski definition) is 2. The average molecular weight is 925 g/mol. The Morgan fingerprint density at radius 1 is 0.923 bits per heavy atom. The number of ether oxygens (including phenoxy) is 3. The molecule has 1 fully saturated rings. The molecule has 2 N–H and O–H groups in total. The van der Waals surface area contributed by atoms with Gasteiger partial charge >= 0.3 is 0 Å². The molecule has 17 nitrogen and oxygen atoms in total. The van der Waals surface area contributed by atoms with Crippen LogP contribution in [-0.2, 0) is 43.5 Å². The van der Waals surface area contributed by atoms with Gasteiger partial charge in [-0.2, -0.15) is 0 Å². The fourth-order valence-electron chi connectivity index (χ4n) is 7.34. The van der Waals surface area contributed by atoms with Crippen LogP contribution in [-0.4, -0.2) is 121 Å². The Morgan fingerprint density at radius 2 is 1.69 bits per heavy atom. The Bertz CT molecular complexity index is 2510. The van der Waals surface area contributed by atoms with Gasteiger partial charge in [0.05, 0.1) is 70.2 Å². The van der Waals surface area contributed by atoms with Crippen LogP contribution in [0.1, 0.15) is 56.2 Å². The minimum absolute atomic E-state index is 0.0863. The molecule has 65 heavy (non-hydrogen) atoms. The summed E-state index contributed by atoms with van der Waals surface area (Å²) in [6.45, 7) is 8.73. The molecule has 342 valence electrons. The predicted molar refractivity (Wildman–Crippen MR) is 245 cm³/mol. The van der Waals surface area contributed by atoms with E-state index in [-0.39, 0.29) is 36.3 Å². The molecular formula is C46H54ClN11O6S. The molecule has 1 unspecified atom stereocenters. The van der Waals surface area contributed by atoms with Crippen LogP contribution >= 0.6 is 23.4 Å². The number of rotatable bonds is 23. The topological polar surface area (TPSA) is 193 Å². The normalized spacial score (nSPS) is 15.2. The van der Waals surface area contributed by atoms with Gasteiger partial charge in [0.2, 0.25) is 17.0 Å². The number of likely N-dealkylation sites (tertiary alicyclic amines) is 1. The lowest BCUT2D eigenvalue weighted by Crippen LogP contribution is -2.56. The van der Waals surface area contributed by atoms with Crippen LogP contribution in [0.4, 0.5) is 0 Å². The number of hydrogen-bond acceptors (Lipinski definition) is 13. The van der Waals surface area contributed by atoms with Crippen LogP contribution in [0.2, 0.25) is 5.02 Å². The minimum Gasteiger partial charge on any atom is -0.377 e. The highest BCUT2D eigenvalue weighted by Gasteiger charge is 2.38. The third-order valence-corrected chi connectivity index (χ3v) is 12.5. The number of carbonyl (C=O) groups excluding carboxylic acids is 3. The number of nitrogens with zero attached hydrogens (tertiary/aromatic N) is 9. The van der Waals surface area contributed by atoms with Gasteiger partial charge in [-0.15, -0.1) is 10.2 Å². The van der Waals surface area contributed by atoms with Crippen molar-refractivity contribution >= 4 is 51.9 Å². The van der Waals surface area contributed by atoms with Crippen LogP contribution in [0.25, 0.3) is 22.0 Å². The van der Waals surface area contributed by atoms with E-state index in [1.807, 2.05) is 91.5 Å². The van der Waals surface area contributed by atoms with Crippen molar-refractivity contribution in [3.8, 4) is 11.3 Å². The zero-order valence-corrected chi connectivity index (χ0v) is 38.3. The second-order valence-corrected chi connectivity index (χ2v) is 17.2. The summed E-state index contributed by atoms with van der Waals surface area (Å²) in [7, 11) is 0. The summed E-state index contributed by atoms with van der Waals surface area (Å²) < 4.78 is 21.0. The van der Waals surface area contributed by atoms with E-state index in [0.717, 1.165) is 34.1 Å². The van der Waals surface area contributed by atoms with E-state index in [9.17, 15) is 14.4 Å². The molecule has 1 aliphatic heterocycles. The van der Waals surface area contributed by atoms with Crippen molar-refractivity contribution in [3.05, 3.63) is 108 Å². The van der Waals surface area contributed by atoms with Gasteiger partial charge in [-0.25, -0.2) is 14.3 Å². The largest absolute Gasteiger partial charge is 0.377 e. The molecule has 0 aliphatic carbocycles. The fraction of sp³-hybridized carbons (Fsp3) is 0.413. The lowest BCUT2D eigenvalue weighted by atomic mass is 10.0. The van der Waals surface area contributed by atoms with Crippen molar-refractivity contribution in [2.45, 2.75) is 88.0 Å². The van der Waals surface area contributed by atoms with Crippen LogP contribution in [0.5, 0.6) is 0 Å². The zero-order chi connectivity index (χ0) is 45.5. The average Bonchev–Trinajstić information content (AvgIpc) is 4.11. The van der Waals surface area contributed by atoms with E-state index in [1.54, 1.807) is 34.6 Å². The summed E-state index contributed by atoms with van der Waals surface area (Å²) in [5.41, 5.74) is 2.27. The molecule has 1 aliphatic rings. The van der Waals surface area contributed by atoms with E-state index in [4.69, 9.17) is 25.8 Å². The SMILES string of the molecule is CC[C@@H](C)C(=O)N[C@H](C(=O)N1CCC[C@H]1Cn1nnnc1Sc1ccccc1)C(C)OCc1cn(CCOCCOCCNC(=O)c2cc3ccccc3c(-c3ccccc3Cl)n2)nn1. The summed E-state index contributed by atoms with van der Waals surface area (Å²) in [5, 5.41) is 29.7. The van der Waals surface area contributed by atoms with Gasteiger partial charge in [0, 0.05) is 39.9 Å². The summed E-state index contributed by atoms with van der Waals surface area (Å²) in [6, 6.07) is 25.8. The Hall–Kier alpha value is -5.79. The Kier molecular flexibility index (Phi) is 17.0. The number of benzene rings is 3. The van der Waals surface area contributed by atoms with Crippen molar-refractivity contribution in [3.63, 3.8) is 0 Å². The highest BCUT2D eigenvalue weighted by molar-refractivity contribution is 7.99. The van der Waals surface area contributed by atoms with Crippen LogP contribution < -0.4 is 10.6 Å². The van der Waals surface area contributed by atoms with Gasteiger partial charge < -0.3 is 29.7 Å². The maximum atomic E-state index is 14.3. The van der Waals surface area contributed by atoms with Crippen LogP contribution in [0.3, 0.4) is 0 Å². The molecule has 6 aromatic rings. The molecule has 19 heteroatoms. The summed E-state index contributed by atoms with van der Waals surface area (Å²) >= 11 is 7.95. The van der Waals surface area contributed by atoms with E-state index in [0.29, 0.717) is 86.3 Å². The lowest BCUT2D eigenvalue weighted by molar-refractivity contribution is -0.143. The molecule has 3 aromatic heterocycles. The second kappa shape index (κ2) is 23.4. The van der Waals surface area contributed by atoms with Gasteiger partial charge in [0.15, 0.2) is 0 Å². The van der Waals surface area contributed by atoms with Gasteiger partial charge in [-0.1, -0.05) is 91.3 Å². The van der Waals surface area contributed by atoms with Crippen molar-refractivity contribution in [2.24, 2.45) is 5.92 Å². The summed E-state index contributed by atoms with van der Waals surface area (Å²) in [4.78, 5) is 48.0. The number of amides is 3. The number of carbonyl (C=O) groups is 3. The molecule has 3 amide bonds. The first-order valence-electron chi connectivity index (χ1n) is 21.9. The van der Waals surface area contributed by atoms with Gasteiger partial charge in [0.1, 0.15) is 17.4 Å². The summed E-state index contributed by atoms with van der Waals surface area (Å²) in [5.74, 6) is -0.999. The smallest absolute Gasteiger partial charge is 0.270 e. The van der Waals surface area contributed by atoms with Crippen LogP contribution in [0.15, 0.2) is 101 Å². The second-order valence-electron chi connectivity index (χ2n) is 15.7. The van der Waals surface area contributed by atoms with E-state index < -0.39 is 12.1 Å². The first kappa shape index (κ1) is 47.2. The quantitative estimate of drug-likeness (QED) is 0.0726. The molecule has 4 heterocycles. The van der Waals surface area contributed by atoms with Crippen molar-refractivity contribution in [1.82, 2.24) is 55.7 Å². The van der Waals surface area contributed by atoms with Gasteiger partial charge in [-0.3, -0.25) is 14.4 Å². The molecule has 0 saturated carbocycles. The van der Waals surface area contributed by atoms with Gasteiger partial charge in [-0.05, 0) is 78.0 Å². The highest BCUT2D eigenvalue weighted by atomic mass is 35.5. The molecule has 1 saturated heterocycles. The number of pyridine rings is 1. The van der Waals surface area contributed by atoms with E-state index >= 15 is 0 Å². The van der Waals surface area contributed by atoms with Gasteiger partial charge in [0.25, 0.3) is 5.91 Å². The highest BCUT2D eigenvalue weighted by Crippen LogP contribution is 2.33. The van der Waals surface area contributed by atoms with E-state index in [2.05, 4.69) is 41.5 Å². The standard InChI is InChI=1S/C46H54ClN11O6S/c1-4-31(2)43(59)50-41(45(61)57-21-12-14-35(57)29-58-46(52-53-55-58)65-36-15-6-5-7-16-36)32(3)64-30-34-28-56(54-51-34)22-24-63-26-25-62-23-20-48-44(60)40-27-33-13-8-9-17-37(33)42(49-40)38-18-10-11-19-39(38)47/h5-11,13,15-19,27-28,31-32,35,41H,4,12,14,20-26,29-30H2,1-3H3,(H,48,60)(H,50,59)/t31-,32?,35+,41+/m1/s1. The number of nitrogens with one attached hydrogen (secondary N) is 2. The third kappa shape index (κ3) is 12.7. The maximum absolute atomic E-state index is 14.3. The minimum atomic E-state index is -0.916. The molecule has 0 spiro atoms. The molecular weight excluding hydrogens is 870 g/mol. The lowest BCUT2D eigenvalue weighted by Gasteiger charge is -2.32. The Morgan fingerprint density at radius 3 is 2.51 bits per heavy atom. The monoisotopic (exact) mass is 923 g/mol. The van der Waals surface area contributed by atoms with Crippen molar-refractivity contribution in [2.75, 3.05) is 39.5 Å². The van der Waals surface area contributed by atoms with E-state index in [1.165, 1.54) is 11.8 Å². The number of halogens is 1. The number of tetrazole rings is 1.